The second kappa shape index (κ2) is 9.67. The first-order valence-corrected chi connectivity index (χ1v) is 13.3. The Morgan fingerprint density at radius 1 is 0.892 bits per heavy atom. The number of anilines is 1. The molecule has 0 fully saturated rings. The molecule has 5 rings (SSSR count). The lowest BCUT2D eigenvalue weighted by Crippen LogP contribution is -2.31. The van der Waals surface area contributed by atoms with Crippen molar-refractivity contribution in [2.75, 3.05) is 11.3 Å². The molecule has 1 aliphatic heterocycles. The highest BCUT2D eigenvalue weighted by molar-refractivity contribution is 7.92. The minimum absolute atomic E-state index is 0.0711. The fourth-order valence-corrected chi connectivity index (χ4v) is 5.38. The van der Waals surface area contributed by atoms with Gasteiger partial charge in [0.15, 0.2) is 0 Å². The first-order valence-electron chi connectivity index (χ1n) is 11.8. The SMILES string of the molecule is Cc1cccc(C2CNC(=O)c3cccc(c3)S(=O)(=O)Nc3nc(cc(-c4c(C)cccc4C)n3)O2)c1. The van der Waals surface area contributed by atoms with Crippen molar-refractivity contribution in [2.24, 2.45) is 0 Å². The first kappa shape index (κ1) is 24.5. The van der Waals surface area contributed by atoms with Gasteiger partial charge < -0.3 is 10.1 Å². The van der Waals surface area contributed by atoms with Crippen molar-refractivity contribution >= 4 is 21.9 Å². The number of aryl methyl sites for hydroxylation is 3. The zero-order valence-electron chi connectivity index (χ0n) is 20.6. The predicted molar refractivity (Wildman–Crippen MR) is 141 cm³/mol. The van der Waals surface area contributed by atoms with Gasteiger partial charge in [0.1, 0.15) is 6.10 Å². The van der Waals surface area contributed by atoms with Crippen LogP contribution in [0.5, 0.6) is 5.88 Å². The van der Waals surface area contributed by atoms with E-state index in [-0.39, 0.29) is 28.8 Å². The molecule has 1 atom stereocenters. The van der Waals surface area contributed by atoms with Crippen LogP contribution in [0.3, 0.4) is 0 Å². The number of sulfonamides is 1. The van der Waals surface area contributed by atoms with Crippen molar-refractivity contribution in [3.63, 3.8) is 0 Å². The van der Waals surface area contributed by atoms with Gasteiger partial charge in [-0.2, -0.15) is 4.98 Å². The van der Waals surface area contributed by atoms with Crippen molar-refractivity contribution < 1.29 is 17.9 Å². The molecule has 0 saturated heterocycles. The van der Waals surface area contributed by atoms with Crippen LogP contribution in [0, 0.1) is 20.8 Å². The van der Waals surface area contributed by atoms with E-state index in [1.165, 1.54) is 18.2 Å². The fraction of sp³-hybridized carbons (Fsp3) is 0.179. The Balaban J connectivity index is 1.69. The quantitative estimate of drug-likeness (QED) is 0.400. The molecule has 2 heterocycles. The van der Waals surface area contributed by atoms with Crippen LogP contribution in [-0.2, 0) is 10.0 Å². The number of ether oxygens (including phenoxy) is 1. The summed E-state index contributed by atoms with van der Waals surface area (Å²) in [5.41, 5.74) is 5.44. The van der Waals surface area contributed by atoms with Crippen LogP contribution in [0.2, 0.25) is 0 Å². The molecule has 0 spiro atoms. The van der Waals surface area contributed by atoms with Crippen LogP contribution in [-0.4, -0.2) is 30.8 Å². The van der Waals surface area contributed by atoms with Gasteiger partial charge in [-0.3, -0.25) is 4.79 Å². The molecular weight excluding hydrogens is 488 g/mol. The zero-order chi connectivity index (χ0) is 26.2. The summed E-state index contributed by atoms with van der Waals surface area (Å²) in [7, 11) is -4.08. The minimum Gasteiger partial charge on any atom is -0.467 e. The molecule has 0 saturated carbocycles. The Morgan fingerprint density at radius 3 is 2.38 bits per heavy atom. The van der Waals surface area contributed by atoms with Crippen LogP contribution < -0.4 is 14.8 Å². The van der Waals surface area contributed by atoms with Crippen LogP contribution in [0.4, 0.5) is 5.95 Å². The van der Waals surface area contributed by atoms with E-state index in [1.807, 2.05) is 63.2 Å². The average Bonchev–Trinajstić information content (AvgIpc) is 2.86. The van der Waals surface area contributed by atoms with E-state index in [0.717, 1.165) is 27.8 Å². The molecule has 37 heavy (non-hydrogen) atoms. The van der Waals surface area contributed by atoms with Gasteiger partial charge >= 0.3 is 0 Å². The minimum atomic E-state index is -4.08. The summed E-state index contributed by atoms with van der Waals surface area (Å²) in [6.07, 6.45) is -0.585. The molecule has 188 valence electrons. The molecule has 0 radical (unpaired) electrons. The highest BCUT2D eigenvalue weighted by atomic mass is 32.2. The number of nitrogens with zero attached hydrogens (tertiary/aromatic N) is 2. The molecule has 2 N–H and O–H groups in total. The molecule has 4 aromatic rings. The summed E-state index contributed by atoms with van der Waals surface area (Å²) in [6, 6.07) is 21.2. The van der Waals surface area contributed by atoms with Crippen LogP contribution >= 0.6 is 0 Å². The van der Waals surface area contributed by atoms with E-state index < -0.39 is 22.0 Å². The van der Waals surface area contributed by atoms with Gasteiger partial charge in [-0.1, -0.05) is 54.1 Å². The molecule has 8 nitrogen and oxygen atoms in total. The van der Waals surface area contributed by atoms with Gasteiger partial charge in [-0.15, -0.1) is 0 Å². The van der Waals surface area contributed by atoms with E-state index in [2.05, 4.69) is 20.0 Å². The van der Waals surface area contributed by atoms with Gasteiger partial charge in [0.05, 0.1) is 17.1 Å². The zero-order valence-corrected chi connectivity index (χ0v) is 21.5. The van der Waals surface area contributed by atoms with E-state index in [9.17, 15) is 13.2 Å². The number of aromatic nitrogens is 2. The van der Waals surface area contributed by atoms with Crippen LogP contribution in [0.25, 0.3) is 11.3 Å². The molecule has 9 heteroatoms. The third kappa shape index (κ3) is 5.17. The Morgan fingerprint density at radius 2 is 1.62 bits per heavy atom. The standard InChI is InChI=1S/C28H26N4O4S/c1-17-7-4-10-20(13-17)24-16-29-27(33)21-11-6-12-22(14-21)37(34,35)32-28-30-23(15-25(31-28)36-24)26-18(2)8-5-9-19(26)3/h4-15,24H,16H2,1-3H3,(H,29,33)(H,30,31,32). The first-order chi connectivity index (χ1) is 17.7. The summed E-state index contributed by atoms with van der Waals surface area (Å²) in [4.78, 5) is 21.8. The Labute approximate surface area is 215 Å². The summed E-state index contributed by atoms with van der Waals surface area (Å²) >= 11 is 0. The van der Waals surface area contributed by atoms with Crippen molar-refractivity contribution in [3.8, 4) is 17.1 Å². The molecule has 3 aromatic carbocycles. The number of fused-ring (bicyclic) bond motifs is 4. The van der Waals surface area contributed by atoms with Crippen LogP contribution in [0.1, 0.15) is 38.7 Å². The lowest BCUT2D eigenvalue weighted by atomic mass is 10.00. The second-order valence-corrected chi connectivity index (χ2v) is 10.7. The number of hydrogen-bond donors (Lipinski definition) is 2. The number of benzene rings is 3. The van der Waals surface area contributed by atoms with Crippen LogP contribution in [0.15, 0.2) is 77.7 Å². The Hall–Kier alpha value is -4.24. The second-order valence-electron chi connectivity index (χ2n) is 9.05. The van der Waals surface area contributed by atoms with Gasteiger partial charge in [0.25, 0.3) is 15.9 Å². The largest absolute Gasteiger partial charge is 0.467 e. The molecule has 1 aromatic heterocycles. The maximum Gasteiger partial charge on any atom is 0.264 e. The number of nitrogens with one attached hydrogen (secondary N) is 2. The molecule has 4 bridgehead atoms. The summed E-state index contributed by atoms with van der Waals surface area (Å²) < 4.78 is 35.2. The lowest BCUT2D eigenvalue weighted by Gasteiger charge is -2.21. The molecule has 1 amide bonds. The van der Waals surface area contributed by atoms with E-state index in [1.54, 1.807) is 12.1 Å². The van der Waals surface area contributed by atoms with E-state index in [4.69, 9.17) is 4.74 Å². The van der Waals surface area contributed by atoms with Gasteiger partial charge in [-0.05, 0) is 55.7 Å². The molecule has 0 aliphatic carbocycles. The lowest BCUT2D eigenvalue weighted by molar-refractivity contribution is 0.0925. The molecular formula is C28H26N4O4S. The monoisotopic (exact) mass is 514 g/mol. The third-order valence-corrected chi connectivity index (χ3v) is 7.52. The fourth-order valence-electron chi connectivity index (χ4n) is 4.39. The maximum atomic E-state index is 13.2. The maximum absolute atomic E-state index is 13.2. The Kier molecular flexibility index (Phi) is 6.39. The van der Waals surface area contributed by atoms with E-state index in [0.29, 0.717) is 5.69 Å². The molecule has 1 aliphatic rings. The topological polar surface area (TPSA) is 110 Å². The normalized spacial score (nSPS) is 16.7. The Bertz CT molecular complexity index is 1600. The summed E-state index contributed by atoms with van der Waals surface area (Å²) in [6.45, 7) is 6.05. The van der Waals surface area contributed by atoms with Crippen molar-refractivity contribution in [1.82, 2.24) is 15.3 Å². The summed E-state index contributed by atoms with van der Waals surface area (Å²) in [5.74, 6) is -0.356. The number of hydrogen-bond acceptors (Lipinski definition) is 6. The molecule has 1 unspecified atom stereocenters. The number of rotatable bonds is 2. The predicted octanol–water partition coefficient (Wildman–Crippen LogP) is 4.73. The summed E-state index contributed by atoms with van der Waals surface area (Å²) in [5, 5.41) is 2.87. The number of carbonyl (C=O) groups excluding carboxylic acids is 1. The van der Waals surface area contributed by atoms with Gasteiger partial charge in [0, 0.05) is 17.2 Å². The number of carbonyl (C=O) groups is 1. The van der Waals surface area contributed by atoms with Crippen molar-refractivity contribution in [2.45, 2.75) is 31.8 Å². The van der Waals surface area contributed by atoms with Crippen molar-refractivity contribution in [3.05, 3.63) is 101 Å². The highest BCUT2D eigenvalue weighted by Gasteiger charge is 2.23. The van der Waals surface area contributed by atoms with Crippen molar-refractivity contribution in [1.29, 1.82) is 0 Å². The van der Waals surface area contributed by atoms with Gasteiger partial charge in [-0.25, -0.2) is 18.1 Å². The highest BCUT2D eigenvalue weighted by Crippen LogP contribution is 2.31. The smallest absolute Gasteiger partial charge is 0.264 e. The number of amides is 1. The third-order valence-electron chi connectivity index (χ3n) is 6.20. The average molecular weight is 515 g/mol. The van der Waals surface area contributed by atoms with E-state index >= 15 is 0 Å². The van der Waals surface area contributed by atoms with Gasteiger partial charge in [0.2, 0.25) is 11.8 Å².